The van der Waals surface area contributed by atoms with Gasteiger partial charge in [0, 0.05) is 25.7 Å². The zero-order valence-electron chi connectivity index (χ0n) is 16.8. The van der Waals surface area contributed by atoms with E-state index >= 15 is 0 Å². The van der Waals surface area contributed by atoms with Crippen molar-refractivity contribution in [2.24, 2.45) is 0 Å². The van der Waals surface area contributed by atoms with Crippen molar-refractivity contribution in [3.8, 4) is 0 Å². The molecule has 2 aromatic carbocycles. The Bertz CT molecular complexity index is 757. The van der Waals surface area contributed by atoms with Crippen LogP contribution in [0.4, 0.5) is 4.79 Å². The number of nitrogens with one attached hydrogen (secondary N) is 1. The number of hydrogen-bond donors (Lipinski definition) is 2. The first-order valence-electron chi connectivity index (χ1n) is 10.1. The first-order valence-corrected chi connectivity index (χ1v) is 10.1. The standard InChI is InChI=1S/C23H31N3O2/c1-18-7-6-10-20(17-18)22(19-8-4-3-5-9-19)24-23(28)26-13-11-21(12-14-26)25(2)15-16-27/h3-10,17,21-22,27H,11-16H2,1-2H3,(H,24,28). The molecular weight excluding hydrogens is 350 g/mol. The van der Waals surface area contributed by atoms with Crippen LogP contribution >= 0.6 is 0 Å². The second-order valence-corrected chi connectivity index (χ2v) is 7.63. The zero-order valence-corrected chi connectivity index (χ0v) is 16.8. The van der Waals surface area contributed by atoms with Gasteiger partial charge >= 0.3 is 6.03 Å². The fourth-order valence-electron chi connectivity index (χ4n) is 3.92. The zero-order chi connectivity index (χ0) is 19.9. The summed E-state index contributed by atoms with van der Waals surface area (Å²) in [7, 11) is 2.04. The lowest BCUT2D eigenvalue weighted by Crippen LogP contribution is -2.49. The SMILES string of the molecule is Cc1cccc(C(NC(=O)N2CCC(N(C)CCO)CC2)c2ccccc2)c1. The first-order chi connectivity index (χ1) is 13.6. The van der Waals surface area contributed by atoms with Crippen LogP contribution in [-0.4, -0.2) is 60.3 Å². The number of carbonyl (C=O) groups is 1. The first kappa shape index (κ1) is 20.4. The summed E-state index contributed by atoms with van der Waals surface area (Å²) in [6.45, 7) is 4.40. The van der Waals surface area contributed by atoms with Crippen molar-refractivity contribution in [2.45, 2.75) is 31.8 Å². The number of likely N-dealkylation sites (tertiary alicyclic amines) is 1. The predicted octanol–water partition coefficient (Wildman–Crippen LogP) is 3.18. The molecular formula is C23H31N3O2. The van der Waals surface area contributed by atoms with E-state index < -0.39 is 0 Å². The van der Waals surface area contributed by atoms with Crippen LogP contribution in [0.5, 0.6) is 0 Å². The molecule has 150 valence electrons. The van der Waals surface area contributed by atoms with E-state index in [1.807, 2.05) is 36.2 Å². The summed E-state index contributed by atoms with van der Waals surface area (Å²) >= 11 is 0. The summed E-state index contributed by atoms with van der Waals surface area (Å²) in [6.07, 6.45) is 1.87. The van der Waals surface area contributed by atoms with Gasteiger partial charge in [0.15, 0.2) is 0 Å². The largest absolute Gasteiger partial charge is 0.395 e. The number of aryl methyl sites for hydroxylation is 1. The minimum Gasteiger partial charge on any atom is -0.395 e. The third-order valence-electron chi connectivity index (χ3n) is 5.60. The maximum atomic E-state index is 13.0. The Hall–Kier alpha value is -2.37. The van der Waals surface area contributed by atoms with Crippen LogP contribution in [0.1, 0.15) is 35.6 Å². The van der Waals surface area contributed by atoms with Crippen molar-refractivity contribution in [1.82, 2.24) is 15.1 Å². The lowest BCUT2D eigenvalue weighted by molar-refractivity contribution is 0.118. The molecule has 0 aliphatic carbocycles. The van der Waals surface area contributed by atoms with Crippen LogP contribution < -0.4 is 5.32 Å². The quantitative estimate of drug-likeness (QED) is 0.808. The predicted molar refractivity (Wildman–Crippen MR) is 112 cm³/mol. The Morgan fingerprint density at radius 1 is 1.14 bits per heavy atom. The molecule has 1 atom stereocenters. The monoisotopic (exact) mass is 381 g/mol. The molecule has 0 radical (unpaired) electrons. The number of aliphatic hydroxyl groups excluding tert-OH is 1. The highest BCUT2D eigenvalue weighted by Gasteiger charge is 2.27. The van der Waals surface area contributed by atoms with Gasteiger partial charge in [-0.25, -0.2) is 4.79 Å². The van der Waals surface area contributed by atoms with Gasteiger partial charge in [0.1, 0.15) is 0 Å². The Morgan fingerprint density at radius 3 is 2.46 bits per heavy atom. The number of aliphatic hydroxyl groups is 1. The highest BCUT2D eigenvalue weighted by molar-refractivity contribution is 5.75. The van der Waals surface area contributed by atoms with Crippen LogP contribution in [0, 0.1) is 6.92 Å². The summed E-state index contributed by atoms with van der Waals surface area (Å²) < 4.78 is 0. The minimum absolute atomic E-state index is 0.0152. The van der Waals surface area contributed by atoms with Gasteiger partial charge in [-0.3, -0.25) is 0 Å². The fourth-order valence-corrected chi connectivity index (χ4v) is 3.92. The van der Waals surface area contributed by atoms with Gasteiger partial charge in [0.25, 0.3) is 0 Å². The Morgan fingerprint density at radius 2 is 1.82 bits per heavy atom. The van der Waals surface area contributed by atoms with Crippen LogP contribution in [-0.2, 0) is 0 Å². The molecule has 0 aromatic heterocycles. The van der Waals surface area contributed by atoms with Gasteiger partial charge in [-0.1, -0.05) is 60.2 Å². The fraction of sp³-hybridized carbons (Fsp3) is 0.435. The molecule has 0 bridgehead atoms. The third kappa shape index (κ3) is 5.12. The molecule has 1 unspecified atom stereocenters. The number of amides is 2. The summed E-state index contributed by atoms with van der Waals surface area (Å²) in [5.41, 5.74) is 3.36. The molecule has 2 aromatic rings. The lowest BCUT2D eigenvalue weighted by atomic mass is 9.97. The van der Waals surface area contributed by atoms with Crippen LogP contribution in [0.15, 0.2) is 54.6 Å². The highest BCUT2D eigenvalue weighted by Crippen LogP contribution is 2.24. The van der Waals surface area contributed by atoms with Crippen molar-refractivity contribution < 1.29 is 9.90 Å². The van der Waals surface area contributed by atoms with Crippen molar-refractivity contribution in [1.29, 1.82) is 0 Å². The number of urea groups is 1. The van der Waals surface area contributed by atoms with E-state index in [0.717, 1.165) is 37.1 Å². The summed E-state index contributed by atoms with van der Waals surface area (Å²) in [5.74, 6) is 0. The lowest BCUT2D eigenvalue weighted by Gasteiger charge is -2.37. The number of likely N-dealkylation sites (N-methyl/N-ethyl adjacent to an activating group) is 1. The molecule has 0 spiro atoms. The van der Waals surface area contributed by atoms with E-state index in [4.69, 9.17) is 5.11 Å². The van der Waals surface area contributed by atoms with Crippen LogP contribution in [0.2, 0.25) is 0 Å². The van der Waals surface area contributed by atoms with Crippen LogP contribution in [0.3, 0.4) is 0 Å². The summed E-state index contributed by atoms with van der Waals surface area (Å²) in [6, 6.07) is 18.7. The molecule has 1 fully saturated rings. The summed E-state index contributed by atoms with van der Waals surface area (Å²) in [4.78, 5) is 17.1. The molecule has 0 saturated carbocycles. The third-order valence-corrected chi connectivity index (χ3v) is 5.60. The number of piperidine rings is 1. The summed E-state index contributed by atoms with van der Waals surface area (Å²) in [5, 5.41) is 12.4. The molecule has 1 heterocycles. The maximum Gasteiger partial charge on any atom is 0.318 e. The number of rotatable bonds is 6. The minimum atomic E-state index is -0.164. The van der Waals surface area contributed by atoms with Gasteiger partial charge in [-0.05, 0) is 37.9 Å². The van der Waals surface area contributed by atoms with Gasteiger partial charge in [-0.15, -0.1) is 0 Å². The molecule has 5 nitrogen and oxygen atoms in total. The van der Waals surface area contributed by atoms with Gasteiger partial charge in [0.2, 0.25) is 0 Å². The normalized spacial score (nSPS) is 16.2. The molecule has 5 heteroatoms. The average Bonchev–Trinajstić information content (AvgIpc) is 2.73. The Kier molecular flexibility index (Phi) is 7.06. The smallest absolute Gasteiger partial charge is 0.318 e. The number of nitrogens with zero attached hydrogens (tertiary/aromatic N) is 2. The van der Waals surface area contributed by atoms with E-state index in [1.54, 1.807) is 0 Å². The number of benzene rings is 2. The van der Waals surface area contributed by atoms with E-state index in [0.29, 0.717) is 12.6 Å². The van der Waals surface area contributed by atoms with Gasteiger partial charge in [0.05, 0.1) is 12.6 Å². The molecule has 2 N–H and O–H groups in total. The Labute approximate surface area is 168 Å². The average molecular weight is 382 g/mol. The highest BCUT2D eigenvalue weighted by atomic mass is 16.3. The van der Waals surface area contributed by atoms with Gasteiger partial charge in [-0.2, -0.15) is 0 Å². The maximum absolute atomic E-state index is 13.0. The number of carbonyl (C=O) groups excluding carboxylic acids is 1. The molecule has 1 aliphatic heterocycles. The van der Waals surface area contributed by atoms with Crippen LogP contribution in [0.25, 0.3) is 0 Å². The van der Waals surface area contributed by atoms with Crippen molar-refractivity contribution in [2.75, 3.05) is 33.3 Å². The molecule has 28 heavy (non-hydrogen) atoms. The molecule has 1 aliphatic rings. The Balaban J connectivity index is 1.69. The van der Waals surface area contributed by atoms with Gasteiger partial charge < -0.3 is 20.2 Å². The van der Waals surface area contributed by atoms with Crippen molar-refractivity contribution in [3.63, 3.8) is 0 Å². The second kappa shape index (κ2) is 9.71. The van der Waals surface area contributed by atoms with E-state index in [-0.39, 0.29) is 18.7 Å². The molecule has 2 amide bonds. The van der Waals surface area contributed by atoms with E-state index in [9.17, 15) is 4.79 Å². The van der Waals surface area contributed by atoms with E-state index in [1.165, 1.54) is 5.56 Å². The van der Waals surface area contributed by atoms with E-state index in [2.05, 4.69) is 47.5 Å². The number of hydrogen-bond acceptors (Lipinski definition) is 3. The van der Waals surface area contributed by atoms with Crippen molar-refractivity contribution in [3.05, 3.63) is 71.3 Å². The second-order valence-electron chi connectivity index (χ2n) is 7.63. The van der Waals surface area contributed by atoms with Crippen molar-refractivity contribution >= 4 is 6.03 Å². The topological polar surface area (TPSA) is 55.8 Å². The molecule has 1 saturated heterocycles. The molecule has 3 rings (SSSR count).